The van der Waals surface area contributed by atoms with Crippen LogP contribution in [0.25, 0.3) is 5.57 Å². The van der Waals surface area contributed by atoms with Crippen LogP contribution in [-0.4, -0.2) is 22.2 Å². The van der Waals surface area contributed by atoms with Crippen molar-refractivity contribution in [2.75, 3.05) is 7.05 Å². The highest BCUT2D eigenvalue weighted by molar-refractivity contribution is 7.80. The van der Waals surface area contributed by atoms with Gasteiger partial charge in [-0.05, 0) is 35.5 Å². The molecule has 0 bridgehead atoms. The van der Waals surface area contributed by atoms with E-state index in [0.29, 0.717) is 5.11 Å². The van der Waals surface area contributed by atoms with E-state index in [4.69, 9.17) is 12.2 Å². The first-order valence-electron chi connectivity index (χ1n) is 6.74. The van der Waals surface area contributed by atoms with E-state index in [0.717, 1.165) is 16.7 Å². The summed E-state index contributed by atoms with van der Waals surface area (Å²) in [5.74, 6) is 0.256. The van der Waals surface area contributed by atoms with Crippen LogP contribution in [0.15, 0.2) is 60.8 Å². The Balaban J connectivity index is 2.08. The Kier molecular flexibility index (Phi) is 3.62. The van der Waals surface area contributed by atoms with Crippen LogP contribution in [0.3, 0.4) is 0 Å². The average Bonchev–Trinajstić information content (AvgIpc) is 2.50. The Hall–Kier alpha value is -2.33. The minimum atomic E-state index is -0.0665. The van der Waals surface area contributed by atoms with Crippen LogP contribution < -0.4 is 5.32 Å². The second kappa shape index (κ2) is 5.58. The molecule has 0 radical (unpaired) electrons. The first-order chi connectivity index (χ1) is 10.1. The van der Waals surface area contributed by atoms with E-state index in [9.17, 15) is 5.11 Å². The van der Waals surface area contributed by atoms with E-state index in [1.165, 1.54) is 0 Å². The quantitative estimate of drug-likeness (QED) is 0.834. The van der Waals surface area contributed by atoms with E-state index >= 15 is 0 Å². The molecule has 0 amide bonds. The van der Waals surface area contributed by atoms with Gasteiger partial charge in [0.05, 0.1) is 6.04 Å². The highest BCUT2D eigenvalue weighted by Crippen LogP contribution is 2.34. The molecule has 0 saturated heterocycles. The molecular weight excluding hydrogens is 280 g/mol. The molecule has 106 valence electrons. The zero-order chi connectivity index (χ0) is 14.8. The minimum Gasteiger partial charge on any atom is -0.508 e. The topological polar surface area (TPSA) is 35.5 Å². The molecular formula is C17H16N2OS. The fraction of sp³-hybridized carbons (Fsp3) is 0.118. The largest absolute Gasteiger partial charge is 0.508 e. The van der Waals surface area contributed by atoms with Crippen molar-refractivity contribution in [1.29, 1.82) is 0 Å². The van der Waals surface area contributed by atoms with Crippen LogP contribution in [0, 0.1) is 0 Å². The van der Waals surface area contributed by atoms with Crippen LogP contribution in [-0.2, 0) is 0 Å². The summed E-state index contributed by atoms with van der Waals surface area (Å²) >= 11 is 5.35. The summed E-state index contributed by atoms with van der Waals surface area (Å²) in [6.45, 7) is 0. The number of hydrogen-bond donors (Lipinski definition) is 2. The molecule has 0 aliphatic carbocycles. The lowest BCUT2D eigenvalue weighted by Crippen LogP contribution is -2.41. The fourth-order valence-corrected chi connectivity index (χ4v) is 2.65. The predicted molar refractivity (Wildman–Crippen MR) is 88.8 cm³/mol. The molecule has 3 rings (SSSR count). The smallest absolute Gasteiger partial charge is 0.173 e. The normalized spacial score (nSPS) is 18.1. The molecule has 0 spiro atoms. The number of phenolic OH excluding ortho intramolecular Hbond substituents is 1. The van der Waals surface area contributed by atoms with Crippen molar-refractivity contribution < 1.29 is 5.11 Å². The van der Waals surface area contributed by atoms with Crippen LogP contribution in [0.2, 0.25) is 0 Å². The zero-order valence-corrected chi connectivity index (χ0v) is 12.5. The fourth-order valence-electron chi connectivity index (χ4n) is 2.48. The van der Waals surface area contributed by atoms with Gasteiger partial charge >= 0.3 is 0 Å². The van der Waals surface area contributed by atoms with Gasteiger partial charge in [0.25, 0.3) is 0 Å². The minimum absolute atomic E-state index is 0.0665. The second-order valence-corrected chi connectivity index (χ2v) is 5.43. The summed E-state index contributed by atoms with van der Waals surface area (Å²) in [4.78, 5) is 1.90. The molecule has 1 unspecified atom stereocenters. The van der Waals surface area contributed by atoms with Gasteiger partial charge in [0.1, 0.15) is 5.75 Å². The van der Waals surface area contributed by atoms with Gasteiger partial charge < -0.3 is 15.3 Å². The van der Waals surface area contributed by atoms with Crippen LogP contribution in [0.4, 0.5) is 0 Å². The maximum absolute atomic E-state index is 9.73. The molecule has 4 heteroatoms. The summed E-state index contributed by atoms with van der Waals surface area (Å²) in [7, 11) is 1.93. The van der Waals surface area contributed by atoms with Crippen LogP contribution in [0.1, 0.15) is 17.2 Å². The molecule has 2 aromatic rings. The third-order valence-corrected chi connectivity index (χ3v) is 3.95. The Labute approximate surface area is 129 Å². The first-order valence-corrected chi connectivity index (χ1v) is 7.15. The average molecular weight is 296 g/mol. The molecule has 21 heavy (non-hydrogen) atoms. The van der Waals surface area contributed by atoms with Gasteiger partial charge in [-0.2, -0.15) is 0 Å². The van der Waals surface area contributed by atoms with Crippen molar-refractivity contribution >= 4 is 22.9 Å². The Morgan fingerprint density at radius 1 is 1.10 bits per heavy atom. The maximum atomic E-state index is 9.73. The van der Waals surface area contributed by atoms with Crippen LogP contribution >= 0.6 is 12.2 Å². The third kappa shape index (κ3) is 2.76. The van der Waals surface area contributed by atoms with Gasteiger partial charge in [0, 0.05) is 18.8 Å². The van der Waals surface area contributed by atoms with E-state index in [1.807, 2.05) is 48.5 Å². The molecule has 2 aromatic carbocycles. The molecule has 1 atom stereocenters. The predicted octanol–water partition coefficient (Wildman–Crippen LogP) is 3.29. The number of phenols is 1. The molecule has 3 nitrogen and oxygen atoms in total. The number of aromatic hydroxyl groups is 1. The Morgan fingerprint density at radius 3 is 2.57 bits per heavy atom. The van der Waals surface area contributed by atoms with Gasteiger partial charge in [-0.3, -0.25) is 0 Å². The molecule has 0 fully saturated rings. The molecule has 1 heterocycles. The number of thiocarbonyl (C=S) groups is 1. The maximum Gasteiger partial charge on any atom is 0.173 e. The van der Waals surface area contributed by atoms with E-state index < -0.39 is 0 Å². The van der Waals surface area contributed by atoms with E-state index in [-0.39, 0.29) is 11.8 Å². The molecule has 1 aliphatic rings. The lowest BCUT2D eigenvalue weighted by molar-refractivity contribution is 0.473. The Bertz CT molecular complexity index is 697. The number of rotatable bonds is 2. The number of nitrogens with zero attached hydrogens (tertiary/aromatic N) is 1. The van der Waals surface area contributed by atoms with Gasteiger partial charge in [-0.25, -0.2) is 0 Å². The number of nitrogens with one attached hydrogen (secondary N) is 1. The highest BCUT2D eigenvalue weighted by Gasteiger charge is 2.25. The van der Waals surface area contributed by atoms with Crippen molar-refractivity contribution in [2.24, 2.45) is 0 Å². The summed E-state index contributed by atoms with van der Waals surface area (Å²) in [5, 5.41) is 13.7. The molecule has 1 aliphatic heterocycles. The highest BCUT2D eigenvalue weighted by atomic mass is 32.1. The van der Waals surface area contributed by atoms with Crippen molar-refractivity contribution in [2.45, 2.75) is 6.04 Å². The summed E-state index contributed by atoms with van der Waals surface area (Å²) < 4.78 is 0. The Morgan fingerprint density at radius 2 is 1.86 bits per heavy atom. The summed E-state index contributed by atoms with van der Waals surface area (Å²) in [6, 6.07) is 17.4. The second-order valence-electron chi connectivity index (χ2n) is 5.04. The zero-order valence-electron chi connectivity index (χ0n) is 11.7. The standard InChI is InChI=1S/C17H16N2OS/c1-19-11-15(12-6-3-2-4-7-12)16(18-17(19)21)13-8-5-9-14(20)10-13/h2-11,16,20H,1H3,(H,18,21). The van der Waals surface area contributed by atoms with Crippen molar-refractivity contribution in [1.82, 2.24) is 10.2 Å². The summed E-state index contributed by atoms with van der Waals surface area (Å²) in [5.41, 5.74) is 3.24. The first kappa shape index (κ1) is 13.6. The molecule has 2 N–H and O–H groups in total. The van der Waals surface area contributed by atoms with Crippen LogP contribution in [0.5, 0.6) is 5.75 Å². The third-order valence-electron chi connectivity index (χ3n) is 3.54. The van der Waals surface area contributed by atoms with E-state index in [2.05, 4.69) is 17.4 Å². The molecule has 0 saturated carbocycles. The number of benzene rings is 2. The van der Waals surface area contributed by atoms with Gasteiger partial charge in [-0.1, -0.05) is 42.5 Å². The molecule has 0 aromatic heterocycles. The van der Waals surface area contributed by atoms with Gasteiger partial charge in [0.2, 0.25) is 0 Å². The summed E-state index contributed by atoms with van der Waals surface area (Å²) in [6.07, 6.45) is 2.04. The van der Waals surface area contributed by atoms with Crippen molar-refractivity contribution in [3.63, 3.8) is 0 Å². The van der Waals surface area contributed by atoms with Gasteiger partial charge in [0.15, 0.2) is 5.11 Å². The monoisotopic (exact) mass is 296 g/mol. The van der Waals surface area contributed by atoms with Crippen molar-refractivity contribution in [3.05, 3.63) is 71.9 Å². The van der Waals surface area contributed by atoms with Gasteiger partial charge in [-0.15, -0.1) is 0 Å². The lowest BCUT2D eigenvalue weighted by Gasteiger charge is -2.33. The van der Waals surface area contributed by atoms with E-state index in [1.54, 1.807) is 12.1 Å². The SMILES string of the molecule is CN1C=C(c2ccccc2)C(c2cccc(O)c2)NC1=S. The number of hydrogen-bond acceptors (Lipinski definition) is 2. The van der Waals surface area contributed by atoms with Crippen molar-refractivity contribution in [3.8, 4) is 5.75 Å². The lowest BCUT2D eigenvalue weighted by atomic mass is 9.92.